The van der Waals surface area contributed by atoms with Crippen molar-refractivity contribution >= 4 is 11.8 Å². The third-order valence-electron chi connectivity index (χ3n) is 3.25. The van der Waals surface area contributed by atoms with Gasteiger partial charge in [0.05, 0.1) is 12.6 Å². The molecular weight excluding hydrogens is 266 g/mol. The van der Waals surface area contributed by atoms with Crippen LogP contribution in [0.1, 0.15) is 18.9 Å². The van der Waals surface area contributed by atoms with Gasteiger partial charge in [-0.05, 0) is 18.4 Å². The van der Waals surface area contributed by atoms with Crippen molar-refractivity contribution < 1.29 is 9.59 Å². The molecule has 1 aromatic rings. The minimum atomic E-state index is -0.617. The van der Waals surface area contributed by atoms with Crippen molar-refractivity contribution in [3.8, 4) is 0 Å². The molecule has 0 fully saturated rings. The van der Waals surface area contributed by atoms with Gasteiger partial charge in [-0.25, -0.2) is 0 Å². The molecule has 0 aliphatic carbocycles. The Balaban J connectivity index is 2.68. The molecule has 0 aliphatic heterocycles. The molecule has 0 radical (unpaired) electrons. The van der Waals surface area contributed by atoms with Crippen LogP contribution in [-0.2, 0) is 16.0 Å². The summed E-state index contributed by atoms with van der Waals surface area (Å²) < 4.78 is 0. The third kappa shape index (κ3) is 5.55. The topological polar surface area (TPSA) is 66.6 Å². The zero-order valence-electron chi connectivity index (χ0n) is 13.1. The summed E-state index contributed by atoms with van der Waals surface area (Å²) in [4.78, 5) is 27.3. The number of hydrogen-bond acceptors (Lipinski definition) is 3. The van der Waals surface area contributed by atoms with Crippen molar-refractivity contribution in [3.05, 3.63) is 35.9 Å². The van der Waals surface area contributed by atoms with Crippen LogP contribution in [0.15, 0.2) is 30.3 Å². The molecule has 0 spiro atoms. The van der Waals surface area contributed by atoms with Gasteiger partial charge in [0.2, 0.25) is 11.8 Å². The molecule has 1 rings (SSSR count). The highest BCUT2D eigenvalue weighted by molar-refractivity contribution is 5.87. The van der Waals surface area contributed by atoms with Crippen LogP contribution in [0.3, 0.4) is 0 Å². The molecule has 116 valence electrons. The second-order valence-electron chi connectivity index (χ2n) is 5.34. The van der Waals surface area contributed by atoms with Gasteiger partial charge in [0, 0.05) is 20.6 Å². The van der Waals surface area contributed by atoms with Crippen LogP contribution >= 0.6 is 0 Å². The average Bonchev–Trinajstić information content (AvgIpc) is 2.46. The normalized spacial score (nSPS) is 11.8. The quantitative estimate of drug-likeness (QED) is 0.811. The summed E-state index contributed by atoms with van der Waals surface area (Å²) in [5.74, 6) is -0.264. The number of rotatable bonds is 7. The lowest BCUT2D eigenvalue weighted by Gasteiger charge is -2.26. The van der Waals surface area contributed by atoms with E-state index >= 15 is 0 Å². The first-order chi connectivity index (χ1) is 9.95. The van der Waals surface area contributed by atoms with Gasteiger partial charge in [0.25, 0.3) is 0 Å². The Labute approximate surface area is 126 Å². The van der Waals surface area contributed by atoms with Gasteiger partial charge in [-0.15, -0.1) is 0 Å². The zero-order chi connectivity index (χ0) is 15.8. The molecule has 1 aromatic carbocycles. The van der Waals surface area contributed by atoms with E-state index < -0.39 is 6.04 Å². The van der Waals surface area contributed by atoms with Crippen molar-refractivity contribution in [1.29, 1.82) is 0 Å². The van der Waals surface area contributed by atoms with Gasteiger partial charge in [-0.2, -0.15) is 0 Å². The minimum absolute atomic E-state index is 0.0855. The fourth-order valence-electron chi connectivity index (χ4n) is 2.03. The SMILES string of the molecule is CCCN(CC(=O)N(C)C)C(=O)[C@@H](N)Cc1ccccc1. The molecule has 0 heterocycles. The summed E-state index contributed by atoms with van der Waals surface area (Å²) in [6, 6.07) is 9.05. The van der Waals surface area contributed by atoms with E-state index in [9.17, 15) is 9.59 Å². The van der Waals surface area contributed by atoms with E-state index in [2.05, 4.69) is 0 Å². The molecule has 2 N–H and O–H groups in total. The summed E-state index contributed by atoms with van der Waals surface area (Å²) in [5.41, 5.74) is 7.04. The van der Waals surface area contributed by atoms with Gasteiger partial charge < -0.3 is 15.5 Å². The number of benzene rings is 1. The number of amides is 2. The molecule has 0 aromatic heterocycles. The minimum Gasteiger partial charge on any atom is -0.347 e. The molecular formula is C16H25N3O2. The highest BCUT2D eigenvalue weighted by atomic mass is 16.2. The molecule has 0 unspecified atom stereocenters. The molecule has 0 saturated carbocycles. The summed E-state index contributed by atoms with van der Waals surface area (Å²) in [5, 5.41) is 0. The first-order valence-electron chi connectivity index (χ1n) is 7.24. The van der Waals surface area contributed by atoms with Gasteiger partial charge >= 0.3 is 0 Å². The number of hydrogen-bond donors (Lipinski definition) is 1. The molecule has 21 heavy (non-hydrogen) atoms. The predicted octanol–water partition coefficient (Wildman–Crippen LogP) is 0.883. The van der Waals surface area contributed by atoms with Crippen molar-refractivity contribution in [2.75, 3.05) is 27.2 Å². The first-order valence-corrected chi connectivity index (χ1v) is 7.24. The van der Waals surface area contributed by atoms with E-state index in [1.54, 1.807) is 19.0 Å². The Morgan fingerprint density at radius 1 is 1.19 bits per heavy atom. The summed E-state index contributed by atoms with van der Waals surface area (Å²) in [6.45, 7) is 2.60. The molecule has 0 saturated heterocycles. The highest BCUT2D eigenvalue weighted by Gasteiger charge is 2.23. The molecule has 1 atom stereocenters. The van der Waals surface area contributed by atoms with E-state index in [4.69, 9.17) is 5.73 Å². The van der Waals surface area contributed by atoms with Crippen molar-refractivity contribution in [3.63, 3.8) is 0 Å². The standard InChI is InChI=1S/C16H25N3O2/c1-4-10-19(12-15(20)18(2)3)16(21)14(17)11-13-8-6-5-7-9-13/h5-9,14H,4,10-12,17H2,1-3H3/t14-/m0/s1. The van der Waals surface area contributed by atoms with Gasteiger partial charge in [0.15, 0.2) is 0 Å². The second-order valence-corrected chi connectivity index (χ2v) is 5.34. The van der Waals surface area contributed by atoms with Crippen molar-refractivity contribution in [1.82, 2.24) is 9.80 Å². The average molecular weight is 291 g/mol. The smallest absolute Gasteiger partial charge is 0.241 e. The number of nitrogens with two attached hydrogens (primary N) is 1. The van der Waals surface area contributed by atoms with Crippen LogP contribution in [0.5, 0.6) is 0 Å². The van der Waals surface area contributed by atoms with Crippen LogP contribution in [0.2, 0.25) is 0 Å². The lowest BCUT2D eigenvalue weighted by atomic mass is 10.1. The molecule has 5 heteroatoms. The first kappa shape index (κ1) is 17.2. The van der Waals surface area contributed by atoms with Crippen LogP contribution in [0, 0.1) is 0 Å². The summed E-state index contributed by atoms with van der Waals surface area (Å²) in [7, 11) is 3.36. The largest absolute Gasteiger partial charge is 0.347 e. The van der Waals surface area contributed by atoms with Crippen LogP contribution < -0.4 is 5.73 Å². The maximum atomic E-state index is 12.4. The molecule has 0 aliphatic rings. The third-order valence-corrected chi connectivity index (χ3v) is 3.25. The van der Waals surface area contributed by atoms with E-state index in [1.165, 1.54) is 4.90 Å². The van der Waals surface area contributed by atoms with E-state index in [0.717, 1.165) is 12.0 Å². The Morgan fingerprint density at radius 3 is 2.33 bits per heavy atom. The maximum absolute atomic E-state index is 12.4. The van der Waals surface area contributed by atoms with Gasteiger partial charge in [-0.3, -0.25) is 9.59 Å². The van der Waals surface area contributed by atoms with Crippen LogP contribution in [0.4, 0.5) is 0 Å². The monoisotopic (exact) mass is 291 g/mol. The maximum Gasteiger partial charge on any atom is 0.241 e. The number of carbonyl (C=O) groups excluding carboxylic acids is 2. The highest BCUT2D eigenvalue weighted by Crippen LogP contribution is 2.05. The Hall–Kier alpha value is -1.88. The molecule has 0 bridgehead atoms. The van der Waals surface area contributed by atoms with E-state index in [-0.39, 0.29) is 18.4 Å². The fourth-order valence-corrected chi connectivity index (χ4v) is 2.03. The number of likely N-dealkylation sites (N-methyl/N-ethyl adjacent to an activating group) is 1. The van der Waals surface area contributed by atoms with E-state index in [1.807, 2.05) is 37.3 Å². The lowest BCUT2D eigenvalue weighted by Crippen LogP contribution is -2.48. The van der Waals surface area contributed by atoms with Gasteiger partial charge in [-0.1, -0.05) is 37.3 Å². The number of carbonyl (C=O) groups is 2. The lowest BCUT2D eigenvalue weighted by molar-refractivity contribution is -0.140. The predicted molar refractivity (Wildman–Crippen MR) is 83.7 cm³/mol. The summed E-state index contributed by atoms with van der Waals surface area (Å²) in [6.07, 6.45) is 1.28. The van der Waals surface area contributed by atoms with Crippen LogP contribution in [-0.4, -0.2) is 54.8 Å². The Kier molecular flexibility index (Phi) is 6.88. The second kappa shape index (κ2) is 8.42. The summed E-state index contributed by atoms with van der Waals surface area (Å²) >= 11 is 0. The van der Waals surface area contributed by atoms with E-state index in [0.29, 0.717) is 13.0 Å². The van der Waals surface area contributed by atoms with Gasteiger partial charge in [0.1, 0.15) is 0 Å². The Bertz CT molecular complexity index is 460. The molecule has 5 nitrogen and oxygen atoms in total. The van der Waals surface area contributed by atoms with Crippen molar-refractivity contribution in [2.45, 2.75) is 25.8 Å². The number of nitrogens with zero attached hydrogens (tertiary/aromatic N) is 2. The van der Waals surface area contributed by atoms with Crippen LogP contribution in [0.25, 0.3) is 0 Å². The molecule has 2 amide bonds. The van der Waals surface area contributed by atoms with Crippen molar-refractivity contribution in [2.24, 2.45) is 5.73 Å². The zero-order valence-corrected chi connectivity index (χ0v) is 13.1. The Morgan fingerprint density at radius 2 is 1.81 bits per heavy atom. The fraction of sp³-hybridized carbons (Fsp3) is 0.500.